The van der Waals surface area contributed by atoms with Crippen LogP contribution in [0.3, 0.4) is 0 Å². The summed E-state index contributed by atoms with van der Waals surface area (Å²) < 4.78 is 0. The van der Waals surface area contributed by atoms with Gasteiger partial charge in [0.25, 0.3) is 0 Å². The van der Waals surface area contributed by atoms with Crippen molar-refractivity contribution >= 4 is 11.9 Å². The number of carboxylic acids is 1. The number of rotatable bonds is 6. The van der Waals surface area contributed by atoms with Gasteiger partial charge in [-0.2, -0.15) is 0 Å². The Kier molecular flexibility index (Phi) is 5.17. The van der Waals surface area contributed by atoms with E-state index in [1.807, 2.05) is 6.92 Å². The Morgan fingerprint density at radius 2 is 2.06 bits per heavy atom. The Morgan fingerprint density at radius 3 is 2.61 bits per heavy atom. The van der Waals surface area contributed by atoms with Gasteiger partial charge in [0.15, 0.2) is 0 Å². The van der Waals surface area contributed by atoms with E-state index in [-0.39, 0.29) is 31.0 Å². The lowest BCUT2D eigenvalue weighted by molar-refractivity contribution is -0.138. The van der Waals surface area contributed by atoms with Crippen molar-refractivity contribution in [2.75, 3.05) is 13.1 Å². The Hall–Kier alpha value is -2.04. The van der Waals surface area contributed by atoms with Crippen LogP contribution in [0.4, 0.5) is 0 Å². The van der Waals surface area contributed by atoms with Crippen molar-refractivity contribution in [2.24, 2.45) is 0 Å². The fraction of sp³-hybridized carbons (Fsp3) is 0.385. The van der Waals surface area contributed by atoms with Crippen molar-refractivity contribution in [1.82, 2.24) is 4.90 Å². The van der Waals surface area contributed by atoms with Gasteiger partial charge in [0, 0.05) is 13.1 Å². The molecule has 2 N–H and O–H groups in total. The Bertz CT molecular complexity index is 431. The minimum absolute atomic E-state index is 0.0559. The summed E-state index contributed by atoms with van der Waals surface area (Å²) in [6.45, 7) is 2.50. The summed E-state index contributed by atoms with van der Waals surface area (Å²) in [7, 11) is 0. The molecule has 0 saturated heterocycles. The molecule has 98 valence electrons. The number of carboxylic acid groups (broad SMARTS) is 1. The molecule has 5 nitrogen and oxygen atoms in total. The van der Waals surface area contributed by atoms with Gasteiger partial charge in [0.1, 0.15) is 5.75 Å². The summed E-state index contributed by atoms with van der Waals surface area (Å²) in [6, 6.07) is 6.49. The molecule has 0 aromatic heterocycles. The van der Waals surface area contributed by atoms with Crippen molar-refractivity contribution in [3.05, 3.63) is 29.8 Å². The molecule has 0 fully saturated rings. The lowest BCUT2D eigenvalue weighted by atomic mass is 10.1. The molecular weight excluding hydrogens is 234 g/mol. The number of aliphatic carboxylic acids is 1. The van der Waals surface area contributed by atoms with E-state index >= 15 is 0 Å². The molecule has 0 saturated carbocycles. The maximum atomic E-state index is 11.9. The van der Waals surface area contributed by atoms with Gasteiger partial charge in [0.2, 0.25) is 5.91 Å². The number of carbonyl (C=O) groups excluding carboxylic acids is 1. The van der Waals surface area contributed by atoms with Gasteiger partial charge in [-0.05, 0) is 24.6 Å². The predicted molar refractivity (Wildman–Crippen MR) is 66.3 cm³/mol. The van der Waals surface area contributed by atoms with E-state index in [1.54, 1.807) is 12.1 Å². The molecular formula is C13H17NO4. The monoisotopic (exact) mass is 251 g/mol. The Balaban J connectivity index is 2.59. The van der Waals surface area contributed by atoms with Crippen molar-refractivity contribution in [3.63, 3.8) is 0 Å². The van der Waals surface area contributed by atoms with Crippen LogP contribution in [0.25, 0.3) is 0 Å². The Labute approximate surface area is 106 Å². The number of hydrogen-bond acceptors (Lipinski definition) is 3. The number of phenols is 1. The van der Waals surface area contributed by atoms with E-state index in [0.29, 0.717) is 12.1 Å². The molecule has 1 amide bonds. The second-order valence-electron chi connectivity index (χ2n) is 3.96. The number of benzene rings is 1. The number of hydrogen-bond donors (Lipinski definition) is 2. The molecule has 0 atom stereocenters. The fourth-order valence-corrected chi connectivity index (χ4v) is 1.64. The molecule has 1 rings (SSSR count). The van der Waals surface area contributed by atoms with E-state index in [1.165, 1.54) is 17.0 Å². The SMILES string of the molecule is CCN(CCC(=O)O)C(=O)Cc1cccc(O)c1. The quantitative estimate of drug-likeness (QED) is 0.797. The second-order valence-corrected chi connectivity index (χ2v) is 3.96. The highest BCUT2D eigenvalue weighted by Gasteiger charge is 2.13. The van der Waals surface area contributed by atoms with Crippen LogP contribution in [0.1, 0.15) is 18.9 Å². The fourth-order valence-electron chi connectivity index (χ4n) is 1.64. The first-order valence-electron chi connectivity index (χ1n) is 5.80. The van der Waals surface area contributed by atoms with E-state index < -0.39 is 5.97 Å². The highest BCUT2D eigenvalue weighted by Crippen LogP contribution is 2.12. The smallest absolute Gasteiger partial charge is 0.305 e. The van der Waals surface area contributed by atoms with Crippen molar-refractivity contribution in [1.29, 1.82) is 0 Å². The molecule has 0 spiro atoms. The Morgan fingerprint density at radius 1 is 1.33 bits per heavy atom. The topological polar surface area (TPSA) is 77.8 Å². The number of likely N-dealkylation sites (N-methyl/N-ethyl adjacent to an activating group) is 1. The lowest BCUT2D eigenvalue weighted by Crippen LogP contribution is -2.33. The van der Waals surface area contributed by atoms with Crippen LogP contribution in [0.2, 0.25) is 0 Å². The van der Waals surface area contributed by atoms with Crippen LogP contribution in [0, 0.1) is 0 Å². The van der Waals surface area contributed by atoms with E-state index in [0.717, 1.165) is 0 Å². The van der Waals surface area contributed by atoms with Crippen LogP contribution < -0.4 is 0 Å². The van der Waals surface area contributed by atoms with Gasteiger partial charge in [0.05, 0.1) is 12.8 Å². The van der Waals surface area contributed by atoms with Crippen LogP contribution >= 0.6 is 0 Å². The first-order valence-corrected chi connectivity index (χ1v) is 5.80. The molecule has 0 aliphatic carbocycles. The number of carbonyl (C=O) groups is 2. The third-order valence-corrected chi connectivity index (χ3v) is 2.60. The summed E-state index contributed by atoms with van der Waals surface area (Å²) in [5, 5.41) is 17.9. The van der Waals surface area contributed by atoms with Crippen LogP contribution in [-0.4, -0.2) is 40.1 Å². The number of phenolic OH excluding ortho intramolecular Hbond substituents is 1. The van der Waals surface area contributed by atoms with E-state index in [4.69, 9.17) is 5.11 Å². The summed E-state index contributed by atoms with van der Waals surface area (Å²) in [5.74, 6) is -0.933. The predicted octanol–water partition coefficient (Wildman–Crippen LogP) is 1.26. The van der Waals surface area contributed by atoms with Crippen LogP contribution in [-0.2, 0) is 16.0 Å². The average molecular weight is 251 g/mol. The molecule has 0 aliphatic rings. The molecule has 0 radical (unpaired) electrons. The maximum Gasteiger partial charge on any atom is 0.305 e. The molecule has 0 aliphatic heterocycles. The van der Waals surface area contributed by atoms with Crippen molar-refractivity contribution in [3.8, 4) is 5.75 Å². The van der Waals surface area contributed by atoms with Gasteiger partial charge >= 0.3 is 5.97 Å². The van der Waals surface area contributed by atoms with Crippen LogP contribution in [0.5, 0.6) is 5.75 Å². The minimum Gasteiger partial charge on any atom is -0.508 e. The minimum atomic E-state index is -0.918. The molecule has 1 aromatic rings. The van der Waals surface area contributed by atoms with Gasteiger partial charge in [-0.1, -0.05) is 12.1 Å². The van der Waals surface area contributed by atoms with Crippen molar-refractivity contribution < 1.29 is 19.8 Å². The lowest BCUT2D eigenvalue weighted by Gasteiger charge is -2.20. The van der Waals surface area contributed by atoms with Gasteiger partial charge in [-0.3, -0.25) is 9.59 Å². The van der Waals surface area contributed by atoms with E-state index in [2.05, 4.69) is 0 Å². The molecule has 0 bridgehead atoms. The summed E-state index contributed by atoms with van der Waals surface area (Å²) >= 11 is 0. The summed E-state index contributed by atoms with van der Waals surface area (Å²) in [4.78, 5) is 23.9. The normalized spacial score (nSPS) is 10.1. The van der Waals surface area contributed by atoms with Gasteiger partial charge < -0.3 is 15.1 Å². The van der Waals surface area contributed by atoms with Gasteiger partial charge in [-0.15, -0.1) is 0 Å². The zero-order valence-electron chi connectivity index (χ0n) is 10.3. The third-order valence-electron chi connectivity index (χ3n) is 2.60. The maximum absolute atomic E-state index is 11.9. The summed E-state index contributed by atoms with van der Waals surface area (Å²) in [5.41, 5.74) is 0.716. The van der Waals surface area contributed by atoms with E-state index in [9.17, 15) is 14.7 Å². The third kappa shape index (κ3) is 4.45. The number of aromatic hydroxyl groups is 1. The zero-order valence-corrected chi connectivity index (χ0v) is 10.3. The highest BCUT2D eigenvalue weighted by molar-refractivity contribution is 5.79. The number of nitrogens with zero attached hydrogens (tertiary/aromatic N) is 1. The van der Waals surface area contributed by atoms with Crippen LogP contribution in [0.15, 0.2) is 24.3 Å². The highest BCUT2D eigenvalue weighted by atomic mass is 16.4. The first kappa shape index (κ1) is 14.0. The largest absolute Gasteiger partial charge is 0.508 e. The molecule has 1 aromatic carbocycles. The second kappa shape index (κ2) is 6.64. The number of amides is 1. The first-order chi connectivity index (χ1) is 8.52. The van der Waals surface area contributed by atoms with Gasteiger partial charge in [-0.25, -0.2) is 0 Å². The molecule has 0 heterocycles. The molecule has 0 unspecified atom stereocenters. The van der Waals surface area contributed by atoms with Crippen molar-refractivity contribution in [2.45, 2.75) is 19.8 Å². The summed E-state index contributed by atoms with van der Waals surface area (Å²) in [6.07, 6.45) is 0.113. The zero-order chi connectivity index (χ0) is 13.5. The molecule has 18 heavy (non-hydrogen) atoms. The standard InChI is InChI=1S/C13H17NO4/c1-2-14(7-6-13(17)18)12(16)9-10-4-3-5-11(15)8-10/h3-5,8,15H,2,6-7,9H2,1H3,(H,17,18). The molecule has 5 heteroatoms. The average Bonchev–Trinajstić information content (AvgIpc) is 2.29.